The van der Waals surface area contributed by atoms with Crippen LogP contribution in [0.15, 0.2) is 84.9 Å². The van der Waals surface area contributed by atoms with Crippen LogP contribution in [-0.4, -0.2) is 28.2 Å². The Hall–Kier alpha value is -4.16. The number of aromatic amines is 1. The highest BCUT2D eigenvalue weighted by molar-refractivity contribution is 6.30. The molecule has 1 amide bonds. The summed E-state index contributed by atoms with van der Waals surface area (Å²) < 4.78 is 5.26. The molecule has 2 heterocycles. The molecular formula is C27H21ClN4O2. The minimum atomic E-state index is -0.206. The number of rotatable bonds is 6. The van der Waals surface area contributed by atoms with Gasteiger partial charge in [-0.3, -0.25) is 9.89 Å². The van der Waals surface area contributed by atoms with E-state index in [4.69, 9.17) is 21.3 Å². The van der Waals surface area contributed by atoms with E-state index < -0.39 is 0 Å². The molecule has 0 unspecified atom stereocenters. The molecule has 0 aliphatic rings. The third kappa shape index (κ3) is 4.36. The normalized spacial score (nSPS) is 10.9. The Bertz CT molecular complexity index is 1450. The van der Waals surface area contributed by atoms with Crippen LogP contribution in [0.1, 0.15) is 15.9 Å². The minimum Gasteiger partial charge on any atom is -0.497 e. The molecule has 2 aromatic heterocycles. The molecule has 6 nitrogen and oxygen atoms in total. The maximum Gasteiger partial charge on any atom is 0.252 e. The lowest BCUT2D eigenvalue weighted by atomic mass is 10.0. The van der Waals surface area contributed by atoms with Gasteiger partial charge in [-0.15, -0.1) is 0 Å². The van der Waals surface area contributed by atoms with Crippen LogP contribution in [0.2, 0.25) is 5.02 Å². The van der Waals surface area contributed by atoms with Crippen LogP contribution in [0.4, 0.5) is 0 Å². The third-order valence-electron chi connectivity index (χ3n) is 5.58. The van der Waals surface area contributed by atoms with Gasteiger partial charge in [0.25, 0.3) is 5.91 Å². The number of pyridine rings is 1. The summed E-state index contributed by atoms with van der Waals surface area (Å²) in [4.78, 5) is 18.2. The number of halogens is 1. The standard InChI is InChI=1S/C27H21ClN4O2/c1-34-21-13-9-18(10-14-21)23-15-22(27(33)29-16-17-5-3-2-4-6-17)24-25(31-32-26(24)30-23)19-7-11-20(28)12-8-19/h2-15H,16H2,1H3,(H,29,33)(H,30,31,32). The Kier molecular flexibility index (Phi) is 5.97. The molecule has 0 fully saturated rings. The molecule has 0 radical (unpaired) electrons. The van der Waals surface area contributed by atoms with Crippen LogP contribution >= 0.6 is 11.6 Å². The van der Waals surface area contributed by atoms with Gasteiger partial charge >= 0.3 is 0 Å². The summed E-state index contributed by atoms with van der Waals surface area (Å²) in [6.45, 7) is 0.412. The van der Waals surface area contributed by atoms with E-state index in [1.54, 1.807) is 25.3 Å². The van der Waals surface area contributed by atoms with Crippen molar-refractivity contribution >= 4 is 28.5 Å². The zero-order chi connectivity index (χ0) is 23.5. The SMILES string of the molecule is COc1ccc(-c2cc(C(=O)NCc3ccccc3)c3c(-c4ccc(Cl)cc4)[nH]nc3n2)cc1. The second kappa shape index (κ2) is 9.37. The minimum absolute atomic E-state index is 0.206. The highest BCUT2D eigenvalue weighted by Gasteiger charge is 2.20. The number of H-pyrrole nitrogens is 1. The van der Waals surface area contributed by atoms with Crippen molar-refractivity contribution in [2.24, 2.45) is 0 Å². The van der Waals surface area contributed by atoms with Gasteiger partial charge in [0.05, 0.1) is 29.4 Å². The lowest BCUT2D eigenvalue weighted by molar-refractivity contribution is 0.0952. The van der Waals surface area contributed by atoms with Crippen LogP contribution in [0.25, 0.3) is 33.5 Å². The quantitative estimate of drug-likeness (QED) is 0.326. The fourth-order valence-corrected chi connectivity index (χ4v) is 3.94. The molecule has 2 N–H and O–H groups in total. The molecule has 168 valence electrons. The van der Waals surface area contributed by atoms with Crippen LogP contribution < -0.4 is 10.1 Å². The van der Waals surface area contributed by atoms with Crippen LogP contribution in [0.3, 0.4) is 0 Å². The Morgan fingerprint density at radius 2 is 1.68 bits per heavy atom. The molecule has 0 saturated carbocycles. The lowest BCUT2D eigenvalue weighted by Gasteiger charge is -2.10. The maximum absolute atomic E-state index is 13.4. The first-order valence-electron chi connectivity index (χ1n) is 10.7. The first-order valence-corrected chi connectivity index (χ1v) is 11.1. The maximum atomic E-state index is 13.4. The highest BCUT2D eigenvalue weighted by atomic mass is 35.5. The van der Waals surface area contributed by atoms with Gasteiger partial charge in [-0.25, -0.2) is 4.98 Å². The van der Waals surface area contributed by atoms with Crippen LogP contribution in [0.5, 0.6) is 5.75 Å². The van der Waals surface area contributed by atoms with E-state index in [2.05, 4.69) is 15.5 Å². The van der Waals surface area contributed by atoms with E-state index in [0.29, 0.717) is 39.6 Å². The second-order valence-electron chi connectivity index (χ2n) is 7.76. The Morgan fingerprint density at radius 3 is 2.38 bits per heavy atom. The average Bonchev–Trinajstić information content (AvgIpc) is 3.32. The fraction of sp³-hybridized carbons (Fsp3) is 0.0741. The van der Waals surface area contributed by atoms with E-state index in [9.17, 15) is 4.79 Å². The van der Waals surface area contributed by atoms with Crippen molar-refractivity contribution in [1.29, 1.82) is 0 Å². The number of hydrogen-bond acceptors (Lipinski definition) is 4. The summed E-state index contributed by atoms with van der Waals surface area (Å²) in [5, 5.41) is 11.8. The summed E-state index contributed by atoms with van der Waals surface area (Å²) in [7, 11) is 1.62. The number of carbonyl (C=O) groups excluding carboxylic acids is 1. The number of hydrogen-bond donors (Lipinski definition) is 2. The predicted octanol–water partition coefficient (Wildman–Crippen LogP) is 5.88. The number of fused-ring (bicyclic) bond motifs is 1. The number of benzene rings is 3. The van der Waals surface area contributed by atoms with Crippen molar-refractivity contribution in [2.45, 2.75) is 6.54 Å². The number of nitrogens with zero attached hydrogens (tertiary/aromatic N) is 2. The largest absolute Gasteiger partial charge is 0.497 e. The molecular weight excluding hydrogens is 448 g/mol. The lowest BCUT2D eigenvalue weighted by Crippen LogP contribution is -2.23. The van der Waals surface area contributed by atoms with E-state index in [0.717, 1.165) is 22.4 Å². The molecule has 0 atom stereocenters. The van der Waals surface area contributed by atoms with Crippen molar-refractivity contribution < 1.29 is 9.53 Å². The molecule has 0 saturated heterocycles. The molecule has 5 aromatic rings. The second-order valence-corrected chi connectivity index (χ2v) is 8.19. The first-order chi connectivity index (χ1) is 16.6. The number of ether oxygens (including phenoxy) is 1. The van der Waals surface area contributed by atoms with E-state index >= 15 is 0 Å². The third-order valence-corrected chi connectivity index (χ3v) is 5.84. The Balaban J connectivity index is 1.61. The number of nitrogens with one attached hydrogen (secondary N) is 2. The molecule has 0 aliphatic heterocycles. The summed E-state index contributed by atoms with van der Waals surface area (Å²) in [6, 6.07) is 26.5. The summed E-state index contributed by atoms with van der Waals surface area (Å²) in [5.74, 6) is 0.540. The predicted molar refractivity (Wildman–Crippen MR) is 134 cm³/mol. The fourth-order valence-electron chi connectivity index (χ4n) is 3.81. The zero-order valence-electron chi connectivity index (χ0n) is 18.4. The zero-order valence-corrected chi connectivity index (χ0v) is 19.1. The molecule has 34 heavy (non-hydrogen) atoms. The molecule has 7 heteroatoms. The Labute approximate surface area is 201 Å². The number of amides is 1. The topological polar surface area (TPSA) is 79.9 Å². The van der Waals surface area contributed by atoms with Gasteiger partial charge in [0.1, 0.15) is 5.75 Å². The Morgan fingerprint density at radius 1 is 0.971 bits per heavy atom. The van der Waals surface area contributed by atoms with Crippen LogP contribution in [0, 0.1) is 0 Å². The van der Waals surface area contributed by atoms with E-state index in [-0.39, 0.29) is 5.91 Å². The highest BCUT2D eigenvalue weighted by Crippen LogP contribution is 2.32. The number of aromatic nitrogens is 3. The smallest absolute Gasteiger partial charge is 0.252 e. The van der Waals surface area contributed by atoms with Gasteiger partial charge < -0.3 is 10.1 Å². The van der Waals surface area contributed by atoms with Gasteiger partial charge in [0, 0.05) is 22.7 Å². The van der Waals surface area contributed by atoms with Gasteiger partial charge in [-0.2, -0.15) is 5.10 Å². The number of carbonyl (C=O) groups is 1. The van der Waals surface area contributed by atoms with Crippen molar-refractivity contribution in [3.8, 4) is 28.3 Å². The van der Waals surface area contributed by atoms with E-state index in [1.165, 1.54) is 0 Å². The molecule has 3 aromatic carbocycles. The summed E-state index contributed by atoms with van der Waals surface area (Å²) in [6.07, 6.45) is 0. The molecule has 5 rings (SSSR count). The average molecular weight is 469 g/mol. The van der Waals surface area contributed by atoms with Gasteiger partial charge in [0.2, 0.25) is 0 Å². The van der Waals surface area contributed by atoms with Crippen molar-refractivity contribution in [2.75, 3.05) is 7.11 Å². The molecule has 0 spiro atoms. The van der Waals surface area contributed by atoms with Crippen molar-refractivity contribution in [3.63, 3.8) is 0 Å². The van der Waals surface area contributed by atoms with Crippen LogP contribution in [-0.2, 0) is 6.54 Å². The first kappa shape index (κ1) is 21.7. The summed E-state index contributed by atoms with van der Waals surface area (Å²) >= 11 is 6.07. The van der Waals surface area contributed by atoms with Gasteiger partial charge in [-0.05, 0) is 48.0 Å². The summed E-state index contributed by atoms with van der Waals surface area (Å²) in [5.41, 5.74) is 5.05. The van der Waals surface area contributed by atoms with E-state index in [1.807, 2.05) is 66.7 Å². The van der Waals surface area contributed by atoms with Crippen molar-refractivity contribution in [3.05, 3.63) is 101 Å². The van der Waals surface area contributed by atoms with Gasteiger partial charge in [0.15, 0.2) is 5.65 Å². The molecule has 0 aliphatic carbocycles. The van der Waals surface area contributed by atoms with Gasteiger partial charge in [-0.1, -0.05) is 54.1 Å². The monoisotopic (exact) mass is 468 g/mol. The molecule has 0 bridgehead atoms. The number of methoxy groups -OCH3 is 1. The van der Waals surface area contributed by atoms with Crippen molar-refractivity contribution in [1.82, 2.24) is 20.5 Å².